The second-order valence-corrected chi connectivity index (χ2v) is 6.48. The van der Waals surface area contributed by atoms with Crippen LogP contribution in [0.1, 0.15) is 37.9 Å². The van der Waals surface area contributed by atoms with Gasteiger partial charge in [0.15, 0.2) is 11.5 Å². The van der Waals surface area contributed by atoms with Crippen LogP contribution >= 0.6 is 0 Å². The molecule has 24 heavy (non-hydrogen) atoms. The van der Waals surface area contributed by atoms with Gasteiger partial charge in [-0.05, 0) is 12.8 Å². The van der Waals surface area contributed by atoms with Crippen molar-refractivity contribution in [3.63, 3.8) is 0 Å². The van der Waals surface area contributed by atoms with E-state index in [2.05, 4.69) is 20.3 Å². The largest absolute Gasteiger partial charge is 0.384 e. The predicted octanol–water partition coefficient (Wildman–Crippen LogP) is 3.53. The van der Waals surface area contributed by atoms with Crippen LogP contribution in [0.3, 0.4) is 0 Å². The Kier molecular flexibility index (Phi) is 3.98. The van der Waals surface area contributed by atoms with E-state index in [4.69, 9.17) is 9.26 Å². The molecule has 1 aromatic carbocycles. The highest BCUT2D eigenvalue weighted by Crippen LogP contribution is 2.39. The van der Waals surface area contributed by atoms with E-state index in [9.17, 15) is 0 Å². The zero-order chi connectivity index (χ0) is 16.4. The Balaban J connectivity index is 1.76. The van der Waals surface area contributed by atoms with Gasteiger partial charge in [0.2, 0.25) is 0 Å². The summed E-state index contributed by atoms with van der Waals surface area (Å²) < 4.78 is 11.0. The van der Waals surface area contributed by atoms with Gasteiger partial charge in [-0.15, -0.1) is 5.10 Å². The van der Waals surface area contributed by atoms with Crippen molar-refractivity contribution in [1.82, 2.24) is 20.3 Å². The molecule has 6 nitrogen and oxygen atoms in total. The van der Waals surface area contributed by atoms with Gasteiger partial charge in [-0.25, -0.2) is 0 Å². The summed E-state index contributed by atoms with van der Waals surface area (Å²) in [6.07, 6.45) is 7.39. The lowest BCUT2D eigenvalue weighted by molar-refractivity contribution is 0.0961. The van der Waals surface area contributed by atoms with E-state index in [1.54, 1.807) is 13.3 Å². The number of hydrogen-bond donors (Lipinski definition) is 0. The topological polar surface area (TPSA) is 73.9 Å². The molecule has 0 N–H and O–H groups in total. The third-order valence-corrected chi connectivity index (χ3v) is 4.90. The highest BCUT2D eigenvalue weighted by atomic mass is 16.5. The molecule has 3 aromatic rings. The van der Waals surface area contributed by atoms with Crippen molar-refractivity contribution in [3.8, 4) is 11.6 Å². The summed E-state index contributed by atoms with van der Waals surface area (Å²) in [5.41, 5.74) is 0.488. The summed E-state index contributed by atoms with van der Waals surface area (Å²) in [4.78, 5) is 4.68. The zero-order valence-corrected chi connectivity index (χ0v) is 13.7. The van der Waals surface area contributed by atoms with E-state index in [-0.39, 0.29) is 5.41 Å². The molecule has 124 valence electrons. The molecule has 1 saturated carbocycles. The molecule has 0 amide bonds. The number of aromatic nitrogens is 4. The molecule has 1 fully saturated rings. The number of hydrogen-bond acceptors (Lipinski definition) is 6. The van der Waals surface area contributed by atoms with Gasteiger partial charge in [-0.3, -0.25) is 0 Å². The van der Waals surface area contributed by atoms with Gasteiger partial charge in [0.1, 0.15) is 0 Å². The van der Waals surface area contributed by atoms with Gasteiger partial charge in [0.05, 0.1) is 18.2 Å². The minimum Gasteiger partial charge on any atom is -0.384 e. The van der Waals surface area contributed by atoms with Crippen molar-refractivity contribution < 1.29 is 9.26 Å². The number of ether oxygens (including phenoxy) is 1. The Bertz CT molecular complexity index is 829. The first-order valence-electron chi connectivity index (χ1n) is 8.36. The molecule has 1 aliphatic carbocycles. The standard InChI is InChI=1S/C18H20N4O2/c1-23-12-18(9-5-2-6-10-18)17-20-16(24-22-17)15-14-8-4-3-7-13(14)11-19-21-15/h3-4,7-8,11H,2,5-6,9-10,12H2,1H3. The molecule has 0 bridgehead atoms. The summed E-state index contributed by atoms with van der Waals surface area (Å²) in [6.45, 7) is 0.618. The van der Waals surface area contributed by atoms with E-state index < -0.39 is 0 Å². The van der Waals surface area contributed by atoms with Crippen molar-refractivity contribution >= 4 is 10.8 Å². The van der Waals surface area contributed by atoms with Gasteiger partial charge >= 0.3 is 0 Å². The third-order valence-electron chi connectivity index (χ3n) is 4.90. The van der Waals surface area contributed by atoms with Crippen LogP contribution in [-0.2, 0) is 10.2 Å². The average molecular weight is 324 g/mol. The molecule has 0 atom stereocenters. The number of benzene rings is 1. The zero-order valence-electron chi connectivity index (χ0n) is 13.7. The second kappa shape index (κ2) is 6.28. The molecule has 0 radical (unpaired) electrons. The molecule has 1 aliphatic rings. The van der Waals surface area contributed by atoms with E-state index in [1.807, 2.05) is 24.3 Å². The molecule has 2 aromatic heterocycles. The minimum absolute atomic E-state index is 0.146. The summed E-state index contributed by atoms with van der Waals surface area (Å²) in [5.74, 6) is 1.16. The fourth-order valence-corrected chi connectivity index (χ4v) is 3.66. The van der Waals surface area contributed by atoms with Crippen molar-refractivity contribution in [2.75, 3.05) is 13.7 Å². The smallest absolute Gasteiger partial charge is 0.279 e. The fourth-order valence-electron chi connectivity index (χ4n) is 3.66. The van der Waals surface area contributed by atoms with Crippen molar-refractivity contribution in [2.45, 2.75) is 37.5 Å². The van der Waals surface area contributed by atoms with E-state index in [0.717, 1.165) is 29.4 Å². The predicted molar refractivity (Wildman–Crippen MR) is 89.5 cm³/mol. The number of fused-ring (bicyclic) bond motifs is 1. The SMILES string of the molecule is COCC1(c2noc(-c3nncc4ccccc34)n2)CCCCC1. The number of rotatable bonds is 4. The highest BCUT2D eigenvalue weighted by Gasteiger charge is 2.38. The van der Waals surface area contributed by atoms with E-state index in [1.165, 1.54) is 19.3 Å². The van der Waals surface area contributed by atoms with Crippen LogP contribution in [0.25, 0.3) is 22.4 Å². The van der Waals surface area contributed by atoms with Crippen LogP contribution in [-0.4, -0.2) is 34.1 Å². The lowest BCUT2D eigenvalue weighted by Gasteiger charge is -2.33. The van der Waals surface area contributed by atoms with Crippen molar-refractivity contribution in [2.24, 2.45) is 0 Å². The Labute approximate surface area is 140 Å². The Hall–Kier alpha value is -2.34. The maximum atomic E-state index is 5.56. The average Bonchev–Trinajstić information content (AvgIpc) is 3.13. The first kappa shape index (κ1) is 15.2. The van der Waals surface area contributed by atoms with Crippen molar-refractivity contribution in [3.05, 3.63) is 36.3 Å². The lowest BCUT2D eigenvalue weighted by atomic mass is 9.74. The van der Waals surface area contributed by atoms with Gasteiger partial charge in [-0.2, -0.15) is 10.1 Å². The summed E-state index contributed by atoms with van der Waals surface area (Å²) in [5, 5.41) is 14.5. The molecular formula is C18H20N4O2. The highest BCUT2D eigenvalue weighted by molar-refractivity contribution is 5.91. The summed E-state index contributed by atoms with van der Waals surface area (Å²) in [7, 11) is 1.73. The van der Waals surface area contributed by atoms with Crippen LogP contribution in [0.4, 0.5) is 0 Å². The van der Waals surface area contributed by atoms with Crippen LogP contribution in [0.2, 0.25) is 0 Å². The first-order valence-corrected chi connectivity index (χ1v) is 8.36. The second-order valence-electron chi connectivity index (χ2n) is 6.48. The quantitative estimate of drug-likeness (QED) is 0.731. The minimum atomic E-state index is -0.146. The maximum Gasteiger partial charge on any atom is 0.279 e. The maximum absolute atomic E-state index is 5.56. The van der Waals surface area contributed by atoms with Gasteiger partial charge in [-0.1, -0.05) is 48.7 Å². The molecule has 2 heterocycles. The molecule has 0 spiro atoms. The van der Waals surface area contributed by atoms with Gasteiger partial charge in [0, 0.05) is 17.9 Å². The molecule has 0 aliphatic heterocycles. The molecule has 0 saturated heterocycles. The Morgan fingerprint density at radius 2 is 2.00 bits per heavy atom. The fraction of sp³-hybridized carbons (Fsp3) is 0.444. The monoisotopic (exact) mass is 324 g/mol. The first-order chi connectivity index (χ1) is 11.8. The summed E-state index contributed by atoms with van der Waals surface area (Å²) >= 11 is 0. The molecule has 4 rings (SSSR count). The van der Waals surface area contributed by atoms with E-state index >= 15 is 0 Å². The van der Waals surface area contributed by atoms with Crippen LogP contribution in [0.5, 0.6) is 0 Å². The normalized spacial score (nSPS) is 17.2. The van der Waals surface area contributed by atoms with Crippen molar-refractivity contribution in [1.29, 1.82) is 0 Å². The molecular weight excluding hydrogens is 304 g/mol. The Morgan fingerprint density at radius 1 is 1.17 bits per heavy atom. The number of nitrogens with zero attached hydrogens (tertiary/aromatic N) is 4. The molecule has 6 heteroatoms. The number of methoxy groups -OCH3 is 1. The van der Waals surface area contributed by atoms with E-state index in [0.29, 0.717) is 18.2 Å². The molecule has 0 unspecified atom stereocenters. The van der Waals surface area contributed by atoms with Gasteiger partial charge in [0.25, 0.3) is 5.89 Å². The van der Waals surface area contributed by atoms with Crippen LogP contribution in [0.15, 0.2) is 35.0 Å². The summed E-state index contributed by atoms with van der Waals surface area (Å²) in [6, 6.07) is 7.94. The third kappa shape index (κ3) is 2.57. The Morgan fingerprint density at radius 3 is 2.83 bits per heavy atom. The lowest BCUT2D eigenvalue weighted by Crippen LogP contribution is -2.35. The van der Waals surface area contributed by atoms with Gasteiger partial charge < -0.3 is 9.26 Å². The van der Waals surface area contributed by atoms with Crippen LogP contribution in [0, 0.1) is 0 Å². The van der Waals surface area contributed by atoms with Crippen LogP contribution < -0.4 is 0 Å².